The second kappa shape index (κ2) is 5.02. The third-order valence-electron chi connectivity index (χ3n) is 3.02. The molecular formula is C15H14N4S. The number of nitrogens with two attached hydrogens (primary N) is 1. The minimum Gasteiger partial charge on any atom is -0.383 e. The summed E-state index contributed by atoms with van der Waals surface area (Å²) in [5.74, 6) is 1.14. The summed E-state index contributed by atoms with van der Waals surface area (Å²) in [4.78, 5) is 13.0. The van der Waals surface area contributed by atoms with Crippen LogP contribution in [0.15, 0.2) is 35.8 Å². The van der Waals surface area contributed by atoms with Crippen LogP contribution >= 0.6 is 11.3 Å². The maximum absolute atomic E-state index is 5.94. The van der Waals surface area contributed by atoms with E-state index in [4.69, 9.17) is 5.73 Å². The number of hydrogen-bond acceptors (Lipinski definition) is 5. The molecule has 5 heteroatoms. The molecule has 0 aliphatic carbocycles. The lowest BCUT2D eigenvalue weighted by molar-refractivity contribution is 1.06. The van der Waals surface area contributed by atoms with E-state index in [2.05, 4.69) is 46.1 Å². The van der Waals surface area contributed by atoms with Crippen LogP contribution in [0.1, 0.15) is 11.4 Å². The summed E-state index contributed by atoms with van der Waals surface area (Å²) in [7, 11) is 0. The Balaban J connectivity index is 1.99. The van der Waals surface area contributed by atoms with Crippen LogP contribution in [0.25, 0.3) is 21.8 Å². The number of nitrogens with zero attached hydrogens (tertiary/aromatic N) is 3. The Labute approximate surface area is 121 Å². The number of rotatable bonds is 2. The van der Waals surface area contributed by atoms with Crippen molar-refractivity contribution < 1.29 is 0 Å². The lowest BCUT2D eigenvalue weighted by Gasteiger charge is -2.01. The Hall–Kier alpha value is -2.27. The molecule has 0 saturated heterocycles. The van der Waals surface area contributed by atoms with E-state index in [0.29, 0.717) is 11.6 Å². The monoisotopic (exact) mass is 282 g/mol. The van der Waals surface area contributed by atoms with Gasteiger partial charge in [-0.1, -0.05) is 29.8 Å². The van der Waals surface area contributed by atoms with Crippen molar-refractivity contribution in [2.24, 2.45) is 0 Å². The Morgan fingerprint density at radius 3 is 2.50 bits per heavy atom. The van der Waals surface area contributed by atoms with Crippen LogP contribution in [-0.2, 0) is 0 Å². The normalized spacial score (nSPS) is 10.7. The first kappa shape index (κ1) is 12.7. The summed E-state index contributed by atoms with van der Waals surface area (Å²) in [6.45, 7) is 3.89. The van der Waals surface area contributed by atoms with Gasteiger partial charge in [0, 0.05) is 17.1 Å². The summed E-state index contributed by atoms with van der Waals surface area (Å²) < 4.78 is 0. The van der Waals surface area contributed by atoms with Crippen molar-refractivity contribution in [2.75, 3.05) is 5.73 Å². The van der Waals surface area contributed by atoms with Crippen molar-refractivity contribution in [3.8, 4) is 21.8 Å². The first-order chi connectivity index (χ1) is 9.63. The molecule has 0 radical (unpaired) electrons. The Bertz CT molecular complexity index is 747. The van der Waals surface area contributed by atoms with Gasteiger partial charge in [-0.3, -0.25) is 0 Å². The number of anilines is 1. The standard InChI is InChI=1S/C15H14N4S/c1-9-3-5-11(6-4-9)13-8-20-15(19-13)12-7-17-10(2)18-14(12)16/h3-8H,1-2H3,(H2,16,17,18). The maximum atomic E-state index is 5.94. The molecule has 3 rings (SSSR count). The highest BCUT2D eigenvalue weighted by molar-refractivity contribution is 7.13. The molecule has 2 N–H and O–H groups in total. The SMILES string of the molecule is Cc1ccc(-c2csc(-c3cnc(C)nc3N)n2)cc1. The maximum Gasteiger partial charge on any atom is 0.137 e. The van der Waals surface area contributed by atoms with E-state index in [1.807, 2.05) is 12.3 Å². The topological polar surface area (TPSA) is 64.7 Å². The number of aromatic nitrogens is 3. The zero-order valence-corrected chi connectivity index (χ0v) is 12.1. The highest BCUT2D eigenvalue weighted by Crippen LogP contribution is 2.30. The summed E-state index contributed by atoms with van der Waals surface area (Å²) in [5.41, 5.74) is 10.0. The third kappa shape index (κ3) is 2.40. The molecule has 0 spiro atoms. The van der Waals surface area contributed by atoms with Crippen molar-refractivity contribution in [2.45, 2.75) is 13.8 Å². The van der Waals surface area contributed by atoms with E-state index < -0.39 is 0 Å². The summed E-state index contributed by atoms with van der Waals surface area (Å²) >= 11 is 1.55. The van der Waals surface area contributed by atoms with Crippen molar-refractivity contribution in [3.63, 3.8) is 0 Å². The second-order valence-corrected chi connectivity index (χ2v) is 5.48. The lowest BCUT2D eigenvalue weighted by Crippen LogP contribution is -1.98. The number of aryl methyl sites for hydroxylation is 2. The average molecular weight is 282 g/mol. The van der Waals surface area contributed by atoms with Gasteiger partial charge >= 0.3 is 0 Å². The van der Waals surface area contributed by atoms with Gasteiger partial charge in [-0.05, 0) is 13.8 Å². The molecular weight excluding hydrogens is 268 g/mol. The Kier molecular flexibility index (Phi) is 3.20. The summed E-state index contributed by atoms with van der Waals surface area (Å²) in [5, 5.41) is 2.87. The fourth-order valence-corrected chi connectivity index (χ4v) is 2.75. The minimum absolute atomic E-state index is 0.474. The number of nitrogen functional groups attached to an aromatic ring is 1. The zero-order chi connectivity index (χ0) is 14.1. The van der Waals surface area contributed by atoms with Gasteiger partial charge < -0.3 is 5.73 Å². The highest BCUT2D eigenvalue weighted by atomic mass is 32.1. The molecule has 0 saturated carbocycles. The molecule has 0 fully saturated rings. The van der Waals surface area contributed by atoms with Crippen LogP contribution < -0.4 is 5.73 Å². The molecule has 100 valence electrons. The molecule has 1 aromatic carbocycles. The van der Waals surface area contributed by atoms with Crippen LogP contribution in [0, 0.1) is 13.8 Å². The smallest absolute Gasteiger partial charge is 0.137 e. The van der Waals surface area contributed by atoms with E-state index in [1.165, 1.54) is 5.56 Å². The predicted octanol–water partition coefficient (Wildman–Crippen LogP) is 3.47. The Morgan fingerprint density at radius 1 is 1.05 bits per heavy atom. The molecule has 0 amide bonds. The molecule has 0 aliphatic heterocycles. The van der Waals surface area contributed by atoms with Gasteiger partial charge in [0.25, 0.3) is 0 Å². The van der Waals surface area contributed by atoms with Gasteiger partial charge in [0.15, 0.2) is 0 Å². The quantitative estimate of drug-likeness (QED) is 0.781. The first-order valence-corrected chi connectivity index (χ1v) is 7.13. The van der Waals surface area contributed by atoms with Crippen LogP contribution in [-0.4, -0.2) is 15.0 Å². The molecule has 0 atom stereocenters. The number of thiazole rings is 1. The molecule has 20 heavy (non-hydrogen) atoms. The number of benzene rings is 1. The summed E-state index contributed by atoms with van der Waals surface area (Å²) in [6.07, 6.45) is 1.73. The second-order valence-electron chi connectivity index (χ2n) is 4.62. The van der Waals surface area contributed by atoms with Crippen LogP contribution in [0.4, 0.5) is 5.82 Å². The van der Waals surface area contributed by atoms with Gasteiger partial charge in [-0.2, -0.15) is 0 Å². The molecule has 0 unspecified atom stereocenters. The van der Waals surface area contributed by atoms with Crippen LogP contribution in [0.5, 0.6) is 0 Å². The predicted molar refractivity (Wildman–Crippen MR) is 82.5 cm³/mol. The summed E-state index contributed by atoms with van der Waals surface area (Å²) in [6, 6.07) is 8.31. The fraction of sp³-hybridized carbons (Fsp3) is 0.133. The third-order valence-corrected chi connectivity index (χ3v) is 3.90. The minimum atomic E-state index is 0.474. The largest absolute Gasteiger partial charge is 0.383 e. The van der Waals surface area contributed by atoms with E-state index in [0.717, 1.165) is 21.8 Å². The van der Waals surface area contributed by atoms with Crippen molar-refractivity contribution in [1.82, 2.24) is 15.0 Å². The van der Waals surface area contributed by atoms with E-state index in [9.17, 15) is 0 Å². The lowest BCUT2D eigenvalue weighted by atomic mass is 10.1. The molecule has 2 heterocycles. The Morgan fingerprint density at radius 2 is 1.80 bits per heavy atom. The van der Waals surface area contributed by atoms with Gasteiger partial charge in [-0.25, -0.2) is 15.0 Å². The van der Waals surface area contributed by atoms with Crippen molar-refractivity contribution >= 4 is 17.2 Å². The van der Waals surface area contributed by atoms with Crippen molar-refractivity contribution in [3.05, 3.63) is 47.2 Å². The molecule has 0 aliphatic rings. The number of hydrogen-bond donors (Lipinski definition) is 1. The molecule has 0 bridgehead atoms. The van der Waals surface area contributed by atoms with Gasteiger partial charge in [-0.15, -0.1) is 11.3 Å². The van der Waals surface area contributed by atoms with Gasteiger partial charge in [0.1, 0.15) is 16.6 Å². The van der Waals surface area contributed by atoms with Gasteiger partial charge in [0.05, 0.1) is 11.3 Å². The van der Waals surface area contributed by atoms with Crippen molar-refractivity contribution in [1.29, 1.82) is 0 Å². The van der Waals surface area contributed by atoms with Gasteiger partial charge in [0.2, 0.25) is 0 Å². The van der Waals surface area contributed by atoms with Crippen LogP contribution in [0.3, 0.4) is 0 Å². The first-order valence-electron chi connectivity index (χ1n) is 6.25. The average Bonchev–Trinajstić information content (AvgIpc) is 2.89. The zero-order valence-electron chi connectivity index (χ0n) is 11.3. The van der Waals surface area contributed by atoms with E-state index >= 15 is 0 Å². The van der Waals surface area contributed by atoms with E-state index in [-0.39, 0.29) is 0 Å². The molecule has 4 nitrogen and oxygen atoms in total. The molecule has 2 aromatic heterocycles. The van der Waals surface area contributed by atoms with Crippen LogP contribution in [0.2, 0.25) is 0 Å². The molecule has 3 aromatic rings. The van der Waals surface area contributed by atoms with E-state index in [1.54, 1.807) is 17.5 Å². The fourth-order valence-electron chi connectivity index (χ4n) is 1.91. The highest BCUT2D eigenvalue weighted by Gasteiger charge is 2.10.